The lowest BCUT2D eigenvalue weighted by Gasteiger charge is -2.15. The molecule has 0 atom stereocenters. The highest BCUT2D eigenvalue weighted by Gasteiger charge is 2.16. The molecule has 0 saturated heterocycles. The van der Waals surface area contributed by atoms with Gasteiger partial charge in [0.25, 0.3) is 0 Å². The van der Waals surface area contributed by atoms with Gasteiger partial charge < -0.3 is 15.8 Å². The summed E-state index contributed by atoms with van der Waals surface area (Å²) in [5.41, 5.74) is 7.35. The van der Waals surface area contributed by atoms with E-state index in [0.717, 1.165) is 12.8 Å². The van der Waals surface area contributed by atoms with Crippen LogP contribution >= 0.6 is 0 Å². The first kappa shape index (κ1) is 16.1. The molecule has 0 aliphatic heterocycles. The minimum Gasteiger partial charge on any atom is -0.399 e. The number of rotatable bonds is 6. The number of nitrogens with two attached hydrogens (primary N) is 2. The summed E-state index contributed by atoms with van der Waals surface area (Å²) >= 11 is 0. The summed E-state index contributed by atoms with van der Waals surface area (Å²) in [4.78, 5) is 0.0571. The molecule has 0 amide bonds. The Morgan fingerprint density at radius 2 is 2.00 bits per heavy atom. The van der Waals surface area contributed by atoms with Crippen LogP contribution in [0.5, 0.6) is 0 Å². The molecule has 7 heteroatoms. The Morgan fingerprint density at radius 1 is 1.33 bits per heavy atom. The van der Waals surface area contributed by atoms with E-state index in [1.54, 1.807) is 13.0 Å². The number of primary sulfonamides is 1. The van der Waals surface area contributed by atoms with Crippen LogP contribution in [-0.4, -0.2) is 27.7 Å². The van der Waals surface area contributed by atoms with Crippen LogP contribution in [-0.2, 0) is 14.8 Å². The molecule has 5 N–H and O–H groups in total. The maximum atomic E-state index is 11.5. The molecule has 21 heavy (non-hydrogen) atoms. The van der Waals surface area contributed by atoms with Crippen LogP contribution in [0.3, 0.4) is 0 Å². The summed E-state index contributed by atoms with van der Waals surface area (Å²) in [6, 6.07) is 3.09. The smallest absolute Gasteiger partial charge is 0.238 e. The lowest BCUT2D eigenvalue weighted by atomic mass is 10.2. The minimum absolute atomic E-state index is 0.0571. The SMILES string of the molecule is Cc1c(NCCOC2CCCC2)cc(N)cc1S(N)(=O)=O. The summed E-state index contributed by atoms with van der Waals surface area (Å²) in [6.45, 7) is 2.90. The highest BCUT2D eigenvalue weighted by molar-refractivity contribution is 7.89. The average Bonchev–Trinajstić information content (AvgIpc) is 2.90. The van der Waals surface area contributed by atoms with E-state index in [1.165, 1.54) is 18.9 Å². The van der Waals surface area contributed by atoms with E-state index < -0.39 is 10.0 Å². The molecule has 0 aromatic heterocycles. The predicted octanol–water partition coefficient (Wildman–Crippen LogP) is 1.60. The minimum atomic E-state index is -3.77. The highest BCUT2D eigenvalue weighted by Crippen LogP contribution is 2.26. The molecular formula is C14H23N3O3S. The fraction of sp³-hybridized carbons (Fsp3) is 0.571. The van der Waals surface area contributed by atoms with Gasteiger partial charge in [0.1, 0.15) is 0 Å². The summed E-state index contributed by atoms with van der Waals surface area (Å²) in [5, 5.41) is 8.36. The Balaban J connectivity index is 1.97. The van der Waals surface area contributed by atoms with Crippen LogP contribution < -0.4 is 16.2 Å². The zero-order chi connectivity index (χ0) is 15.5. The van der Waals surface area contributed by atoms with Crippen LogP contribution in [0.4, 0.5) is 11.4 Å². The fourth-order valence-electron chi connectivity index (χ4n) is 2.65. The number of hydrogen-bond acceptors (Lipinski definition) is 5. The number of nitrogens with one attached hydrogen (secondary N) is 1. The van der Waals surface area contributed by atoms with E-state index >= 15 is 0 Å². The topological polar surface area (TPSA) is 107 Å². The van der Waals surface area contributed by atoms with Gasteiger partial charge in [0.05, 0.1) is 17.6 Å². The molecular weight excluding hydrogens is 290 g/mol. The van der Waals surface area contributed by atoms with Gasteiger partial charge in [0, 0.05) is 17.9 Å². The average molecular weight is 313 g/mol. The van der Waals surface area contributed by atoms with Crippen LogP contribution in [0.25, 0.3) is 0 Å². The number of benzene rings is 1. The van der Waals surface area contributed by atoms with Gasteiger partial charge >= 0.3 is 0 Å². The Morgan fingerprint density at radius 3 is 2.62 bits per heavy atom. The summed E-state index contributed by atoms with van der Waals surface area (Å²) in [5.74, 6) is 0. The van der Waals surface area contributed by atoms with Gasteiger partial charge in [0.15, 0.2) is 0 Å². The van der Waals surface area contributed by atoms with Gasteiger partial charge in [0.2, 0.25) is 10.0 Å². The molecule has 6 nitrogen and oxygen atoms in total. The monoisotopic (exact) mass is 313 g/mol. The molecule has 1 saturated carbocycles. The Kier molecular flexibility index (Phi) is 5.08. The zero-order valence-corrected chi connectivity index (χ0v) is 13.1. The van der Waals surface area contributed by atoms with Crippen molar-refractivity contribution >= 4 is 21.4 Å². The van der Waals surface area contributed by atoms with Crippen molar-refractivity contribution in [1.29, 1.82) is 0 Å². The molecule has 1 fully saturated rings. The summed E-state index contributed by atoms with van der Waals surface area (Å²) in [7, 11) is -3.77. The van der Waals surface area contributed by atoms with Crippen molar-refractivity contribution in [2.45, 2.75) is 43.6 Å². The third kappa shape index (κ3) is 4.33. The van der Waals surface area contributed by atoms with E-state index in [4.69, 9.17) is 15.6 Å². The van der Waals surface area contributed by atoms with Crippen LogP contribution in [0.2, 0.25) is 0 Å². The van der Waals surface area contributed by atoms with Gasteiger partial charge in [-0.15, -0.1) is 0 Å². The Hall–Kier alpha value is -1.31. The molecule has 0 bridgehead atoms. The first-order valence-electron chi connectivity index (χ1n) is 7.16. The van der Waals surface area contributed by atoms with Crippen LogP contribution in [0.15, 0.2) is 17.0 Å². The van der Waals surface area contributed by atoms with Gasteiger partial charge in [-0.05, 0) is 37.5 Å². The molecule has 0 unspecified atom stereocenters. The number of ether oxygens (including phenoxy) is 1. The van der Waals surface area contributed by atoms with Gasteiger partial charge in [-0.3, -0.25) is 0 Å². The normalized spacial score (nSPS) is 16.3. The van der Waals surface area contributed by atoms with Crippen molar-refractivity contribution in [3.63, 3.8) is 0 Å². The van der Waals surface area contributed by atoms with Crippen molar-refractivity contribution in [2.24, 2.45) is 5.14 Å². The van der Waals surface area contributed by atoms with Crippen molar-refractivity contribution < 1.29 is 13.2 Å². The first-order chi connectivity index (χ1) is 9.88. The Bertz CT molecular complexity index is 596. The maximum Gasteiger partial charge on any atom is 0.238 e. The molecule has 118 valence electrons. The van der Waals surface area contributed by atoms with Crippen molar-refractivity contribution in [2.75, 3.05) is 24.2 Å². The van der Waals surface area contributed by atoms with E-state index in [0.29, 0.717) is 36.2 Å². The second-order valence-corrected chi connectivity index (χ2v) is 6.97. The standard InChI is InChI=1S/C14H23N3O3S/c1-10-13(8-11(15)9-14(10)21(16,18)19)17-6-7-20-12-4-2-3-5-12/h8-9,12,17H,2-7,15H2,1H3,(H2,16,18,19). The van der Waals surface area contributed by atoms with E-state index in [2.05, 4.69) is 5.32 Å². The molecule has 1 aromatic carbocycles. The Labute approximate surface area is 125 Å². The fourth-order valence-corrected chi connectivity index (χ4v) is 3.49. The molecule has 1 aliphatic carbocycles. The van der Waals surface area contributed by atoms with Crippen molar-refractivity contribution in [3.05, 3.63) is 17.7 Å². The number of hydrogen-bond donors (Lipinski definition) is 3. The predicted molar refractivity (Wildman–Crippen MR) is 83.7 cm³/mol. The number of anilines is 2. The molecule has 0 spiro atoms. The summed E-state index contributed by atoms with van der Waals surface area (Å²) in [6.07, 6.45) is 5.11. The lowest BCUT2D eigenvalue weighted by Crippen LogP contribution is -2.18. The number of nitrogen functional groups attached to an aromatic ring is 1. The number of sulfonamides is 1. The molecule has 1 aromatic rings. The van der Waals surface area contributed by atoms with Crippen LogP contribution in [0, 0.1) is 6.92 Å². The quantitative estimate of drug-likeness (QED) is 0.546. The van der Waals surface area contributed by atoms with Gasteiger partial charge in [-0.2, -0.15) is 0 Å². The molecule has 0 heterocycles. The lowest BCUT2D eigenvalue weighted by molar-refractivity contribution is 0.0659. The van der Waals surface area contributed by atoms with Crippen molar-refractivity contribution in [3.8, 4) is 0 Å². The third-order valence-corrected chi connectivity index (χ3v) is 4.80. The van der Waals surface area contributed by atoms with E-state index in [-0.39, 0.29) is 4.90 Å². The summed E-state index contributed by atoms with van der Waals surface area (Å²) < 4.78 is 28.8. The van der Waals surface area contributed by atoms with E-state index in [9.17, 15) is 8.42 Å². The molecule has 0 radical (unpaired) electrons. The highest BCUT2D eigenvalue weighted by atomic mass is 32.2. The largest absolute Gasteiger partial charge is 0.399 e. The third-order valence-electron chi connectivity index (χ3n) is 3.76. The maximum absolute atomic E-state index is 11.5. The molecule has 2 rings (SSSR count). The van der Waals surface area contributed by atoms with E-state index in [1.807, 2.05) is 0 Å². The van der Waals surface area contributed by atoms with Gasteiger partial charge in [-0.25, -0.2) is 13.6 Å². The zero-order valence-electron chi connectivity index (χ0n) is 12.3. The van der Waals surface area contributed by atoms with Crippen molar-refractivity contribution in [1.82, 2.24) is 0 Å². The van der Waals surface area contributed by atoms with Crippen LogP contribution in [0.1, 0.15) is 31.2 Å². The van der Waals surface area contributed by atoms with Gasteiger partial charge in [-0.1, -0.05) is 12.8 Å². The second kappa shape index (κ2) is 6.64. The first-order valence-corrected chi connectivity index (χ1v) is 8.71. The second-order valence-electron chi connectivity index (χ2n) is 5.44. The molecule has 1 aliphatic rings.